The highest BCUT2D eigenvalue weighted by atomic mass is 79.9. The summed E-state index contributed by atoms with van der Waals surface area (Å²) in [4.78, 5) is 25.4. The van der Waals surface area contributed by atoms with Crippen molar-refractivity contribution >= 4 is 38.6 Å². The second-order valence-electron chi connectivity index (χ2n) is 8.95. The zero-order valence-corrected chi connectivity index (χ0v) is 16.8. The molecule has 4 fully saturated rings. The lowest BCUT2D eigenvalue weighted by Gasteiger charge is -2.59. The molecule has 5 nitrogen and oxygen atoms in total. The van der Waals surface area contributed by atoms with Crippen LogP contribution in [0.15, 0.2) is 23.0 Å². The quantitative estimate of drug-likeness (QED) is 0.759. The number of nitrogens with zero attached hydrogens (tertiary/aromatic N) is 2. The van der Waals surface area contributed by atoms with Crippen LogP contribution in [0.3, 0.4) is 0 Å². The molecule has 2 atom stereocenters. The van der Waals surface area contributed by atoms with Crippen LogP contribution in [0.4, 0.5) is 5.69 Å². The van der Waals surface area contributed by atoms with Crippen LogP contribution < -0.4 is 11.0 Å². The molecule has 1 N–H and O–H groups in total. The summed E-state index contributed by atoms with van der Waals surface area (Å²) in [5.41, 5.74) is 2.22. The van der Waals surface area contributed by atoms with E-state index < -0.39 is 0 Å². The van der Waals surface area contributed by atoms with Gasteiger partial charge in [0.2, 0.25) is 5.91 Å². The summed E-state index contributed by atoms with van der Waals surface area (Å²) in [7, 11) is 3.54. The summed E-state index contributed by atoms with van der Waals surface area (Å²) in [6, 6.07) is 5.74. The van der Waals surface area contributed by atoms with Gasteiger partial charge in [-0.05, 0) is 68.6 Å². The molecule has 4 saturated carbocycles. The lowest BCUT2D eigenvalue weighted by molar-refractivity contribution is -0.138. The number of aryl methyl sites for hydroxylation is 2. The zero-order valence-electron chi connectivity index (χ0n) is 15.2. The fraction of sp³-hybridized carbons (Fsp3) is 0.600. The van der Waals surface area contributed by atoms with Gasteiger partial charge >= 0.3 is 5.69 Å². The summed E-state index contributed by atoms with van der Waals surface area (Å²) in [5, 5.41) is 3.18. The van der Waals surface area contributed by atoms with Gasteiger partial charge in [0.15, 0.2) is 0 Å². The average molecular weight is 418 g/mol. The number of anilines is 1. The standard InChI is InChI=1S/C20H24BrN3O2/c1-23-15-4-3-14(6-16(15)24(2)18(23)26)22-17(25)19-7-12-5-13(8-19)10-20(21,9-12)11-19/h3-4,6,12-13H,5,7-11H2,1-2H3,(H,22,25). The molecule has 26 heavy (non-hydrogen) atoms. The molecule has 1 amide bonds. The largest absolute Gasteiger partial charge is 0.328 e. The molecule has 1 aromatic carbocycles. The van der Waals surface area contributed by atoms with E-state index in [9.17, 15) is 9.59 Å². The van der Waals surface area contributed by atoms with Crippen molar-refractivity contribution in [2.45, 2.75) is 42.8 Å². The van der Waals surface area contributed by atoms with Gasteiger partial charge in [-0.25, -0.2) is 4.79 Å². The van der Waals surface area contributed by atoms with E-state index >= 15 is 0 Å². The number of fused-ring (bicyclic) bond motifs is 1. The maximum Gasteiger partial charge on any atom is 0.328 e. The van der Waals surface area contributed by atoms with E-state index in [1.165, 1.54) is 19.3 Å². The number of carbonyl (C=O) groups excluding carboxylic acids is 1. The predicted molar refractivity (Wildman–Crippen MR) is 106 cm³/mol. The summed E-state index contributed by atoms with van der Waals surface area (Å²) >= 11 is 3.98. The molecule has 0 saturated heterocycles. The van der Waals surface area contributed by atoms with E-state index in [1.807, 2.05) is 18.2 Å². The SMILES string of the molecule is Cn1c(=O)n(C)c2cc(NC(=O)C34CC5CC(CC(Br)(C5)C3)C4)ccc21. The van der Waals surface area contributed by atoms with E-state index in [2.05, 4.69) is 21.2 Å². The van der Waals surface area contributed by atoms with Crippen molar-refractivity contribution in [2.75, 3.05) is 5.32 Å². The van der Waals surface area contributed by atoms with Gasteiger partial charge in [0.25, 0.3) is 0 Å². The predicted octanol–water partition coefficient (Wildman–Crippen LogP) is 3.55. The van der Waals surface area contributed by atoms with Crippen molar-refractivity contribution in [2.24, 2.45) is 31.3 Å². The Labute approximate surface area is 160 Å². The van der Waals surface area contributed by atoms with E-state index in [-0.39, 0.29) is 21.3 Å². The molecule has 4 bridgehead atoms. The van der Waals surface area contributed by atoms with Gasteiger partial charge in [0.05, 0.1) is 16.4 Å². The smallest absolute Gasteiger partial charge is 0.326 e. The molecule has 4 aliphatic carbocycles. The lowest BCUT2D eigenvalue weighted by atomic mass is 9.49. The number of rotatable bonds is 2. The zero-order chi connectivity index (χ0) is 18.3. The minimum Gasteiger partial charge on any atom is -0.326 e. The molecule has 4 aliphatic rings. The Hall–Kier alpha value is -1.56. The third-order valence-electron chi connectivity index (χ3n) is 7.00. The first-order valence-electron chi connectivity index (χ1n) is 9.44. The average Bonchev–Trinajstić information content (AvgIpc) is 2.77. The fourth-order valence-electron chi connectivity index (χ4n) is 6.26. The molecule has 0 radical (unpaired) electrons. The highest BCUT2D eigenvalue weighted by molar-refractivity contribution is 9.10. The van der Waals surface area contributed by atoms with Gasteiger partial charge in [-0.15, -0.1) is 0 Å². The van der Waals surface area contributed by atoms with Crippen LogP contribution in [0.1, 0.15) is 38.5 Å². The van der Waals surface area contributed by atoms with Crippen LogP contribution in [-0.2, 0) is 18.9 Å². The minimum absolute atomic E-state index is 0.0502. The van der Waals surface area contributed by atoms with Crippen molar-refractivity contribution in [3.8, 4) is 0 Å². The molecular weight excluding hydrogens is 394 g/mol. The molecule has 6 heteroatoms. The highest BCUT2D eigenvalue weighted by Gasteiger charge is 2.59. The normalized spacial score (nSPS) is 35.2. The van der Waals surface area contributed by atoms with Crippen LogP contribution in [0.2, 0.25) is 0 Å². The number of hydrogen-bond acceptors (Lipinski definition) is 2. The Morgan fingerprint density at radius 2 is 1.77 bits per heavy atom. The van der Waals surface area contributed by atoms with Gasteiger partial charge in [-0.3, -0.25) is 13.9 Å². The lowest BCUT2D eigenvalue weighted by Crippen LogP contribution is -2.57. The minimum atomic E-state index is -0.231. The van der Waals surface area contributed by atoms with Crippen LogP contribution in [-0.4, -0.2) is 19.4 Å². The molecule has 1 aromatic heterocycles. The van der Waals surface area contributed by atoms with E-state index in [0.29, 0.717) is 11.8 Å². The summed E-state index contributed by atoms with van der Waals surface area (Å²) in [5.74, 6) is 1.52. The Bertz CT molecular complexity index is 975. The second-order valence-corrected chi connectivity index (χ2v) is 10.6. The molecule has 2 aromatic rings. The molecule has 0 spiro atoms. The number of aromatic nitrogens is 2. The first kappa shape index (κ1) is 16.6. The molecule has 1 heterocycles. The van der Waals surface area contributed by atoms with Crippen molar-refractivity contribution < 1.29 is 4.79 Å². The Kier molecular flexibility index (Phi) is 3.35. The Balaban J connectivity index is 1.46. The van der Waals surface area contributed by atoms with Crippen molar-refractivity contribution in [1.82, 2.24) is 9.13 Å². The van der Waals surface area contributed by atoms with Crippen LogP contribution in [0.25, 0.3) is 11.0 Å². The van der Waals surface area contributed by atoms with E-state index in [1.54, 1.807) is 23.2 Å². The van der Waals surface area contributed by atoms with E-state index in [0.717, 1.165) is 36.0 Å². The molecule has 138 valence electrons. The van der Waals surface area contributed by atoms with Gasteiger partial charge in [-0.2, -0.15) is 0 Å². The summed E-state index contributed by atoms with van der Waals surface area (Å²) < 4.78 is 3.43. The third-order valence-corrected chi connectivity index (χ3v) is 7.93. The van der Waals surface area contributed by atoms with Crippen LogP contribution >= 0.6 is 15.9 Å². The first-order valence-corrected chi connectivity index (χ1v) is 10.2. The van der Waals surface area contributed by atoms with E-state index in [4.69, 9.17) is 0 Å². The van der Waals surface area contributed by atoms with Crippen molar-refractivity contribution in [3.05, 3.63) is 28.7 Å². The third kappa shape index (κ3) is 2.27. The number of nitrogens with one attached hydrogen (secondary N) is 1. The molecule has 2 unspecified atom stereocenters. The van der Waals surface area contributed by atoms with Gasteiger partial charge in [0, 0.05) is 24.1 Å². The van der Waals surface area contributed by atoms with Crippen molar-refractivity contribution in [1.29, 1.82) is 0 Å². The first-order chi connectivity index (χ1) is 12.3. The van der Waals surface area contributed by atoms with Crippen molar-refractivity contribution in [3.63, 3.8) is 0 Å². The molecule has 0 aliphatic heterocycles. The number of alkyl halides is 1. The maximum atomic E-state index is 13.3. The second kappa shape index (κ2) is 5.24. The Morgan fingerprint density at radius 3 is 2.42 bits per heavy atom. The number of amides is 1. The fourth-order valence-corrected chi connectivity index (χ4v) is 7.72. The summed E-state index contributed by atoms with van der Waals surface area (Å²) in [6.07, 6.45) is 6.72. The topological polar surface area (TPSA) is 56.0 Å². The van der Waals surface area contributed by atoms with Gasteiger partial charge in [0.1, 0.15) is 0 Å². The number of benzene rings is 1. The summed E-state index contributed by atoms with van der Waals surface area (Å²) in [6.45, 7) is 0. The van der Waals surface area contributed by atoms with Gasteiger partial charge in [-0.1, -0.05) is 15.9 Å². The number of imidazole rings is 1. The molecular formula is C20H24BrN3O2. The highest BCUT2D eigenvalue weighted by Crippen LogP contribution is 2.64. The number of hydrogen-bond donors (Lipinski definition) is 1. The number of halogens is 1. The van der Waals surface area contributed by atoms with Gasteiger partial charge < -0.3 is 5.32 Å². The Morgan fingerprint density at radius 1 is 1.12 bits per heavy atom. The van der Waals surface area contributed by atoms with Crippen LogP contribution in [0, 0.1) is 17.3 Å². The van der Waals surface area contributed by atoms with Crippen LogP contribution in [0.5, 0.6) is 0 Å². The monoisotopic (exact) mass is 417 g/mol. The molecule has 6 rings (SSSR count). The maximum absolute atomic E-state index is 13.3. The number of carbonyl (C=O) groups is 1.